The first-order chi connectivity index (χ1) is 16.1. The third kappa shape index (κ3) is 4.69. The molecule has 0 saturated heterocycles. The lowest BCUT2D eigenvalue weighted by Gasteiger charge is -2.46. The summed E-state index contributed by atoms with van der Waals surface area (Å²) in [5, 5.41) is 11.5. The van der Waals surface area contributed by atoms with Crippen molar-refractivity contribution in [1.82, 2.24) is 0 Å². The van der Waals surface area contributed by atoms with Crippen LogP contribution >= 0.6 is 0 Å². The zero-order valence-electron chi connectivity index (χ0n) is 19.8. The molecule has 0 N–H and O–H groups in total. The SMILES string of the molecule is CCCCCc1cc2c(c(OS(=O)(=O)c3ccccc3[N+](=O)[O-])c1)C1C=CCCC1C(C)(C)O2. The van der Waals surface area contributed by atoms with Crippen molar-refractivity contribution >= 4 is 15.8 Å². The summed E-state index contributed by atoms with van der Waals surface area (Å²) in [5.74, 6) is 0.916. The van der Waals surface area contributed by atoms with Crippen molar-refractivity contribution < 1.29 is 22.3 Å². The van der Waals surface area contributed by atoms with Gasteiger partial charge in [-0.1, -0.05) is 44.1 Å². The van der Waals surface area contributed by atoms with Crippen LogP contribution in [0.2, 0.25) is 0 Å². The first kappa shape index (κ1) is 24.3. The summed E-state index contributed by atoms with van der Waals surface area (Å²) in [5.41, 5.74) is 0.692. The van der Waals surface area contributed by atoms with Gasteiger partial charge in [0.25, 0.3) is 5.69 Å². The van der Waals surface area contributed by atoms with E-state index in [0.29, 0.717) is 11.3 Å². The van der Waals surface area contributed by atoms with Gasteiger partial charge in [0, 0.05) is 23.5 Å². The van der Waals surface area contributed by atoms with Gasteiger partial charge in [0.2, 0.25) is 0 Å². The van der Waals surface area contributed by atoms with Crippen molar-refractivity contribution in [2.45, 2.75) is 75.7 Å². The van der Waals surface area contributed by atoms with Gasteiger partial charge in [-0.15, -0.1) is 0 Å². The minimum Gasteiger partial charge on any atom is -0.487 e. The molecule has 0 aromatic heterocycles. The van der Waals surface area contributed by atoms with Gasteiger partial charge in [0.05, 0.1) is 4.92 Å². The van der Waals surface area contributed by atoms with Crippen LogP contribution in [0.1, 0.15) is 69.9 Å². The molecule has 2 unspecified atom stereocenters. The molecule has 0 fully saturated rings. The monoisotopic (exact) mass is 485 g/mol. The Morgan fingerprint density at radius 3 is 2.71 bits per heavy atom. The first-order valence-electron chi connectivity index (χ1n) is 11.8. The van der Waals surface area contributed by atoms with E-state index in [2.05, 4.69) is 32.9 Å². The van der Waals surface area contributed by atoms with E-state index in [1.54, 1.807) is 6.07 Å². The summed E-state index contributed by atoms with van der Waals surface area (Å²) < 4.78 is 38.7. The molecule has 0 saturated carbocycles. The minimum absolute atomic E-state index is 0.0619. The molecule has 1 aliphatic heterocycles. The number of nitro benzene ring substituents is 1. The highest BCUT2D eigenvalue weighted by molar-refractivity contribution is 7.87. The van der Waals surface area contributed by atoms with Crippen LogP contribution in [0.15, 0.2) is 53.4 Å². The number of unbranched alkanes of at least 4 members (excludes halogenated alkanes) is 2. The summed E-state index contributed by atoms with van der Waals surface area (Å²) in [6.07, 6.45) is 9.92. The smallest absolute Gasteiger partial charge is 0.346 e. The fourth-order valence-corrected chi connectivity index (χ4v) is 6.22. The van der Waals surface area contributed by atoms with Crippen LogP contribution in [-0.4, -0.2) is 18.9 Å². The number of fused-ring (bicyclic) bond motifs is 3. The molecule has 34 heavy (non-hydrogen) atoms. The molecule has 0 amide bonds. The molecule has 0 bridgehead atoms. The number of nitro groups is 1. The van der Waals surface area contributed by atoms with Crippen LogP contribution in [0.3, 0.4) is 0 Å². The topological polar surface area (TPSA) is 95.7 Å². The van der Waals surface area contributed by atoms with Gasteiger partial charge in [0.15, 0.2) is 10.6 Å². The van der Waals surface area contributed by atoms with Crippen molar-refractivity contribution in [3.8, 4) is 11.5 Å². The minimum atomic E-state index is -4.45. The van der Waals surface area contributed by atoms with Crippen LogP contribution in [0, 0.1) is 16.0 Å². The molecule has 0 spiro atoms. The number of para-hydroxylation sites is 1. The van der Waals surface area contributed by atoms with E-state index >= 15 is 0 Å². The number of hydrogen-bond acceptors (Lipinski definition) is 6. The molecule has 2 aliphatic rings. The Hall–Kier alpha value is -2.87. The van der Waals surface area contributed by atoms with Crippen LogP contribution in [-0.2, 0) is 16.5 Å². The summed E-state index contributed by atoms with van der Waals surface area (Å²) in [4.78, 5) is 10.3. The number of ether oxygens (including phenoxy) is 1. The van der Waals surface area contributed by atoms with Crippen LogP contribution in [0.4, 0.5) is 5.69 Å². The molecule has 0 radical (unpaired) electrons. The molecular formula is C26H31NO6S. The molecule has 4 rings (SSSR count). The van der Waals surface area contributed by atoms with Gasteiger partial charge in [-0.3, -0.25) is 10.1 Å². The Bertz CT molecular complexity index is 1220. The third-order valence-electron chi connectivity index (χ3n) is 6.78. The largest absolute Gasteiger partial charge is 0.487 e. The lowest BCUT2D eigenvalue weighted by Crippen LogP contribution is -2.45. The van der Waals surface area contributed by atoms with E-state index in [1.807, 2.05) is 6.07 Å². The van der Waals surface area contributed by atoms with E-state index in [9.17, 15) is 18.5 Å². The van der Waals surface area contributed by atoms with Crippen molar-refractivity contribution in [3.63, 3.8) is 0 Å². The second-order valence-corrected chi connectivity index (χ2v) is 11.1. The molecule has 182 valence electrons. The van der Waals surface area contributed by atoms with Gasteiger partial charge in [-0.25, -0.2) is 0 Å². The second-order valence-electron chi connectivity index (χ2n) is 9.57. The Morgan fingerprint density at radius 1 is 1.21 bits per heavy atom. The van der Waals surface area contributed by atoms with E-state index in [1.165, 1.54) is 24.3 Å². The number of nitrogens with zero attached hydrogens (tertiary/aromatic N) is 1. The lowest BCUT2D eigenvalue weighted by molar-refractivity contribution is -0.387. The zero-order chi connectivity index (χ0) is 24.5. The molecule has 8 heteroatoms. The summed E-state index contributed by atoms with van der Waals surface area (Å²) in [7, 11) is -4.45. The Labute approximate surface area is 201 Å². The molecular weight excluding hydrogens is 454 g/mol. The summed E-state index contributed by atoms with van der Waals surface area (Å²) in [6.45, 7) is 6.27. The van der Waals surface area contributed by atoms with E-state index in [4.69, 9.17) is 8.92 Å². The number of hydrogen-bond donors (Lipinski definition) is 0. The predicted molar refractivity (Wildman–Crippen MR) is 130 cm³/mol. The van der Waals surface area contributed by atoms with Crippen molar-refractivity contribution in [2.24, 2.45) is 5.92 Å². The number of allylic oxidation sites excluding steroid dienone is 2. The third-order valence-corrected chi connectivity index (χ3v) is 8.07. The van der Waals surface area contributed by atoms with Crippen LogP contribution in [0.5, 0.6) is 11.5 Å². The van der Waals surface area contributed by atoms with Gasteiger partial charge in [-0.05, 0) is 63.3 Å². The zero-order valence-corrected chi connectivity index (χ0v) is 20.6. The number of rotatable bonds is 8. The van der Waals surface area contributed by atoms with Gasteiger partial charge in [0.1, 0.15) is 11.4 Å². The highest BCUT2D eigenvalue weighted by Crippen LogP contribution is 2.53. The Morgan fingerprint density at radius 2 is 1.97 bits per heavy atom. The van der Waals surface area contributed by atoms with E-state index < -0.39 is 31.2 Å². The lowest BCUT2D eigenvalue weighted by atomic mass is 9.69. The standard InChI is InChI=1S/C26H31NO6S/c1-4-5-6-11-18-16-22-25(19-12-7-8-13-20(19)26(2,3)32-22)23(17-18)33-34(30,31)24-15-10-9-14-21(24)27(28)29/h7,9-10,12,14-17,19-20H,4-6,8,11,13H2,1-3H3. The van der Waals surface area contributed by atoms with E-state index in [0.717, 1.165) is 44.1 Å². The fourth-order valence-electron chi connectivity index (χ4n) is 5.11. The molecule has 1 heterocycles. The summed E-state index contributed by atoms with van der Waals surface area (Å²) >= 11 is 0. The summed E-state index contributed by atoms with van der Waals surface area (Å²) in [6, 6.07) is 9.01. The predicted octanol–water partition coefficient (Wildman–Crippen LogP) is 6.32. The number of benzene rings is 2. The fraction of sp³-hybridized carbons (Fsp3) is 0.462. The van der Waals surface area contributed by atoms with Gasteiger partial charge < -0.3 is 8.92 Å². The maximum absolute atomic E-state index is 13.3. The average molecular weight is 486 g/mol. The Kier molecular flexibility index (Phi) is 6.71. The van der Waals surface area contributed by atoms with Crippen LogP contribution in [0.25, 0.3) is 0 Å². The van der Waals surface area contributed by atoms with Crippen molar-refractivity contribution in [2.75, 3.05) is 0 Å². The maximum atomic E-state index is 13.3. The molecule has 7 nitrogen and oxygen atoms in total. The highest BCUT2D eigenvalue weighted by Gasteiger charge is 2.45. The van der Waals surface area contributed by atoms with Gasteiger partial charge >= 0.3 is 10.1 Å². The van der Waals surface area contributed by atoms with Crippen LogP contribution < -0.4 is 8.92 Å². The second kappa shape index (κ2) is 9.41. The average Bonchev–Trinajstić information content (AvgIpc) is 2.78. The first-order valence-corrected chi connectivity index (χ1v) is 13.3. The normalized spacial score (nSPS) is 20.7. The van der Waals surface area contributed by atoms with E-state index in [-0.39, 0.29) is 17.6 Å². The van der Waals surface area contributed by atoms with Crippen molar-refractivity contribution in [3.05, 3.63) is 69.8 Å². The molecule has 2 atom stereocenters. The van der Waals surface area contributed by atoms with Gasteiger partial charge in [-0.2, -0.15) is 8.42 Å². The Balaban J connectivity index is 1.83. The molecule has 1 aliphatic carbocycles. The maximum Gasteiger partial charge on any atom is 0.346 e. The molecule has 2 aromatic rings. The molecule has 2 aromatic carbocycles. The highest BCUT2D eigenvalue weighted by atomic mass is 32.2. The number of aryl methyl sites for hydroxylation is 1. The quantitative estimate of drug-likeness (QED) is 0.143. The van der Waals surface area contributed by atoms with Crippen molar-refractivity contribution in [1.29, 1.82) is 0 Å².